The van der Waals surface area contributed by atoms with E-state index in [1.54, 1.807) is 24.3 Å². The lowest BCUT2D eigenvalue weighted by Crippen LogP contribution is -2.18. The number of primary amides is 1. The molecular weight excluding hydrogens is 204 g/mol. The summed E-state index contributed by atoms with van der Waals surface area (Å²) in [5, 5.41) is 7.73. The molecule has 0 saturated carbocycles. The van der Waals surface area contributed by atoms with E-state index in [2.05, 4.69) is 0 Å². The maximum atomic E-state index is 11.1. The molecule has 1 aromatic carbocycles. The minimum absolute atomic E-state index is 0.0110. The van der Waals surface area contributed by atoms with Gasteiger partial charge in [-0.2, -0.15) is 0 Å². The number of carbonyl (C=O) groups excluding carboxylic acids is 1. The van der Waals surface area contributed by atoms with Crippen molar-refractivity contribution in [2.45, 2.75) is 13.8 Å². The molecule has 0 fully saturated rings. The number of hydrogen-bond acceptors (Lipinski definition) is 3. The van der Waals surface area contributed by atoms with Crippen LogP contribution < -0.4 is 5.73 Å². The Bertz CT molecular complexity index is 400. The largest absolute Gasteiger partial charge is 0.477 e. The zero-order valence-electron chi connectivity index (χ0n) is 9.49. The fourth-order valence-electron chi connectivity index (χ4n) is 1.22. The minimum atomic E-state index is -0.548. The van der Waals surface area contributed by atoms with Crippen molar-refractivity contribution >= 4 is 11.8 Å². The van der Waals surface area contributed by atoms with Gasteiger partial charge in [-0.05, 0) is 18.1 Å². The molecule has 16 heavy (non-hydrogen) atoms. The van der Waals surface area contributed by atoms with E-state index in [-0.39, 0.29) is 5.90 Å². The van der Waals surface area contributed by atoms with Crippen molar-refractivity contribution in [3.05, 3.63) is 35.4 Å². The summed E-state index contributed by atoms with van der Waals surface area (Å²) in [6, 6.07) is 6.70. The number of nitrogens with one attached hydrogen (secondary N) is 1. The van der Waals surface area contributed by atoms with Crippen molar-refractivity contribution in [1.29, 1.82) is 5.41 Å². The van der Waals surface area contributed by atoms with E-state index in [1.807, 2.05) is 13.8 Å². The van der Waals surface area contributed by atoms with Gasteiger partial charge in [0.15, 0.2) is 0 Å². The highest BCUT2D eigenvalue weighted by molar-refractivity contribution is 6.05. The molecule has 0 saturated heterocycles. The number of hydrogen-bond donors (Lipinski definition) is 2. The van der Waals surface area contributed by atoms with E-state index < -0.39 is 5.91 Å². The second-order valence-corrected chi connectivity index (χ2v) is 3.94. The summed E-state index contributed by atoms with van der Waals surface area (Å²) in [6.45, 7) is 4.44. The summed E-state index contributed by atoms with van der Waals surface area (Å²) in [4.78, 5) is 11.1. The molecule has 86 valence electrons. The highest BCUT2D eigenvalue weighted by Gasteiger charge is 2.12. The predicted octanol–water partition coefficient (Wildman–Crippen LogP) is 1.78. The summed E-state index contributed by atoms with van der Waals surface area (Å²) >= 11 is 0. The molecule has 0 atom stereocenters. The lowest BCUT2D eigenvalue weighted by Gasteiger charge is -2.11. The zero-order valence-corrected chi connectivity index (χ0v) is 9.49. The monoisotopic (exact) mass is 220 g/mol. The van der Waals surface area contributed by atoms with Crippen molar-refractivity contribution < 1.29 is 9.53 Å². The highest BCUT2D eigenvalue weighted by Crippen LogP contribution is 2.10. The molecule has 1 rings (SSSR count). The van der Waals surface area contributed by atoms with Crippen LogP contribution in [0.3, 0.4) is 0 Å². The normalized spacial score (nSPS) is 10.2. The molecule has 1 amide bonds. The van der Waals surface area contributed by atoms with E-state index in [1.165, 1.54) is 0 Å². The highest BCUT2D eigenvalue weighted by atomic mass is 16.5. The van der Waals surface area contributed by atoms with Crippen molar-refractivity contribution in [1.82, 2.24) is 0 Å². The summed E-state index contributed by atoms with van der Waals surface area (Å²) in [7, 11) is 0. The molecule has 0 radical (unpaired) electrons. The standard InChI is InChI=1S/C12H16N2O2/c1-8(2)7-16-12(14)10-6-4-3-5-9(10)11(13)15/h3-6,8,14H,7H2,1-2H3,(H2,13,15). The Morgan fingerprint density at radius 2 is 1.94 bits per heavy atom. The van der Waals surface area contributed by atoms with Crippen LogP contribution in [0.2, 0.25) is 0 Å². The van der Waals surface area contributed by atoms with E-state index in [9.17, 15) is 4.79 Å². The lowest BCUT2D eigenvalue weighted by molar-refractivity contribution is 0.0999. The van der Waals surface area contributed by atoms with Gasteiger partial charge in [-0.25, -0.2) is 0 Å². The molecule has 0 aliphatic carbocycles. The van der Waals surface area contributed by atoms with Crippen LogP contribution >= 0.6 is 0 Å². The van der Waals surface area contributed by atoms with Crippen molar-refractivity contribution in [3.8, 4) is 0 Å². The number of amides is 1. The van der Waals surface area contributed by atoms with E-state index in [4.69, 9.17) is 15.9 Å². The fraction of sp³-hybridized carbons (Fsp3) is 0.333. The summed E-state index contributed by atoms with van der Waals surface area (Å²) in [5.74, 6) is -0.224. The first-order chi connectivity index (χ1) is 7.52. The second kappa shape index (κ2) is 5.30. The molecule has 3 N–H and O–H groups in total. The first kappa shape index (κ1) is 12.2. The van der Waals surface area contributed by atoms with Crippen molar-refractivity contribution in [3.63, 3.8) is 0 Å². The summed E-state index contributed by atoms with van der Waals surface area (Å²) in [5.41, 5.74) is 5.97. The van der Waals surface area contributed by atoms with Crippen LogP contribution in [0.25, 0.3) is 0 Å². The molecule has 0 aliphatic rings. The Balaban J connectivity index is 2.86. The van der Waals surface area contributed by atoms with Crippen LogP contribution in [0.15, 0.2) is 24.3 Å². The van der Waals surface area contributed by atoms with Gasteiger partial charge in [0.1, 0.15) is 0 Å². The van der Waals surface area contributed by atoms with E-state index >= 15 is 0 Å². The van der Waals surface area contributed by atoms with Gasteiger partial charge in [0.05, 0.1) is 12.2 Å². The average molecular weight is 220 g/mol. The molecular formula is C12H16N2O2. The Kier molecular flexibility index (Phi) is 4.05. The molecule has 0 aromatic heterocycles. The van der Waals surface area contributed by atoms with Gasteiger partial charge in [-0.15, -0.1) is 0 Å². The molecule has 0 heterocycles. The van der Waals surface area contributed by atoms with Crippen LogP contribution in [0.1, 0.15) is 29.8 Å². The van der Waals surface area contributed by atoms with Gasteiger partial charge in [-0.3, -0.25) is 10.2 Å². The number of carbonyl (C=O) groups is 1. The molecule has 4 nitrogen and oxygen atoms in total. The van der Waals surface area contributed by atoms with Crippen molar-refractivity contribution in [2.75, 3.05) is 6.61 Å². The van der Waals surface area contributed by atoms with Crippen LogP contribution in [0.4, 0.5) is 0 Å². The Hall–Kier alpha value is -1.84. The first-order valence-corrected chi connectivity index (χ1v) is 5.13. The Morgan fingerprint density at radius 3 is 2.44 bits per heavy atom. The second-order valence-electron chi connectivity index (χ2n) is 3.94. The fourth-order valence-corrected chi connectivity index (χ4v) is 1.22. The first-order valence-electron chi connectivity index (χ1n) is 5.13. The third kappa shape index (κ3) is 3.08. The van der Waals surface area contributed by atoms with Gasteiger partial charge in [0.25, 0.3) is 0 Å². The van der Waals surface area contributed by atoms with Gasteiger partial charge >= 0.3 is 0 Å². The number of ether oxygens (including phenoxy) is 1. The van der Waals surface area contributed by atoms with E-state index in [0.29, 0.717) is 23.7 Å². The number of benzene rings is 1. The van der Waals surface area contributed by atoms with Gasteiger partial charge < -0.3 is 10.5 Å². The Morgan fingerprint density at radius 1 is 1.38 bits per heavy atom. The van der Waals surface area contributed by atoms with Crippen LogP contribution in [0, 0.1) is 11.3 Å². The van der Waals surface area contributed by atoms with Gasteiger partial charge in [-0.1, -0.05) is 26.0 Å². The summed E-state index contributed by atoms with van der Waals surface area (Å²) in [6.07, 6.45) is 0. The maximum absolute atomic E-state index is 11.1. The zero-order chi connectivity index (χ0) is 12.1. The number of rotatable bonds is 4. The SMILES string of the molecule is CC(C)COC(=N)c1ccccc1C(N)=O. The van der Waals surface area contributed by atoms with Crippen LogP contribution in [-0.4, -0.2) is 18.4 Å². The molecule has 0 bridgehead atoms. The van der Waals surface area contributed by atoms with Gasteiger partial charge in [0.2, 0.25) is 11.8 Å². The van der Waals surface area contributed by atoms with E-state index in [0.717, 1.165) is 0 Å². The maximum Gasteiger partial charge on any atom is 0.249 e. The molecule has 0 spiro atoms. The number of nitrogens with two attached hydrogens (primary N) is 1. The van der Waals surface area contributed by atoms with Crippen molar-refractivity contribution in [2.24, 2.45) is 11.7 Å². The average Bonchev–Trinajstić information content (AvgIpc) is 2.25. The third-order valence-electron chi connectivity index (χ3n) is 2.00. The minimum Gasteiger partial charge on any atom is -0.477 e. The summed E-state index contributed by atoms with van der Waals surface area (Å²) < 4.78 is 5.26. The van der Waals surface area contributed by atoms with Crippen LogP contribution in [-0.2, 0) is 4.74 Å². The molecule has 4 heteroatoms. The van der Waals surface area contributed by atoms with Crippen LogP contribution in [0.5, 0.6) is 0 Å². The van der Waals surface area contributed by atoms with Gasteiger partial charge in [0, 0.05) is 5.56 Å². The Labute approximate surface area is 94.9 Å². The topological polar surface area (TPSA) is 76.2 Å². The third-order valence-corrected chi connectivity index (χ3v) is 2.00. The molecule has 0 aliphatic heterocycles. The molecule has 0 unspecified atom stereocenters. The smallest absolute Gasteiger partial charge is 0.249 e. The molecule has 1 aromatic rings. The lowest BCUT2D eigenvalue weighted by atomic mass is 10.1. The quantitative estimate of drug-likeness (QED) is 0.599. The predicted molar refractivity (Wildman–Crippen MR) is 62.6 cm³/mol.